The SMILES string of the molecule is CCCC(=O)NC(=CSC)C(=O)O. The summed E-state index contributed by atoms with van der Waals surface area (Å²) in [5.41, 5.74) is -0.0639. The normalized spacial score (nSPS) is 11.1. The van der Waals surface area contributed by atoms with Gasteiger partial charge in [-0.25, -0.2) is 4.79 Å². The lowest BCUT2D eigenvalue weighted by Gasteiger charge is -2.03. The molecule has 5 heteroatoms. The van der Waals surface area contributed by atoms with Gasteiger partial charge in [0.2, 0.25) is 5.91 Å². The lowest BCUT2D eigenvalue weighted by molar-refractivity contribution is -0.134. The van der Waals surface area contributed by atoms with Gasteiger partial charge in [0.25, 0.3) is 0 Å². The third-order valence-electron chi connectivity index (χ3n) is 1.22. The fourth-order valence-electron chi connectivity index (χ4n) is 0.691. The number of carboxylic acid groups (broad SMARTS) is 1. The number of carbonyl (C=O) groups is 2. The standard InChI is InChI=1S/C8H13NO3S/c1-3-4-7(10)9-6(5-13-2)8(11)12/h5H,3-4H2,1-2H3,(H,9,10)(H,11,12). The van der Waals surface area contributed by atoms with Crippen molar-refractivity contribution in [3.05, 3.63) is 11.1 Å². The summed E-state index contributed by atoms with van der Waals surface area (Å²) in [6, 6.07) is 0. The molecule has 0 atom stereocenters. The van der Waals surface area contributed by atoms with Crippen LogP contribution < -0.4 is 5.32 Å². The van der Waals surface area contributed by atoms with E-state index in [0.717, 1.165) is 0 Å². The number of carboxylic acids is 1. The summed E-state index contributed by atoms with van der Waals surface area (Å²) in [7, 11) is 0. The van der Waals surface area contributed by atoms with Crippen molar-refractivity contribution in [2.75, 3.05) is 6.26 Å². The van der Waals surface area contributed by atoms with Crippen LogP contribution in [0, 0.1) is 0 Å². The molecule has 0 aromatic rings. The minimum atomic E-state index is -1.11. The summed E-state index contributed by atoms with van der Waals surface area (Å²) in [6.07, 6.45) is 2.78. The maximum absolute atomic E-state index is 11.0. The van der Waals surface area contributed by atoms with Crippen molar-refractivity contribution in [3.8, 4) is 0 Å². The predicted octanol–water partition coefficient (Wildman–Crippen LogP) is 1.19. The maximum Gasteiger partial charge on any atom is 0.352 e. The van der Waals surface area contributed by atoms with Gasteiger partial charge < -0.3 is 10.4 Å². The fourth-order valence-corrected chi connectivity index (χ4v) is 1.09. The van der Waals surface area contributed by atoms with E-state index in [-0.39, 0.29) is 11.6 Å². The zero-order valence-corrected chi connectivity index (χ0v) is 8.48. The zero-order chi connectivity index (χ0) is 10.3. The van der Waals surface area contributed by atoms with Gasteiger partial charge in [-0.05, 0) is 12.7 Å². The van der Waals surface area contributed by atoms with Gasteiger partial charge >= 0.3 is 5.97 Å². The number of hydrogen-bond acceptors (Lipinski definition) is 3. The van der Waals surface area contributed by atoms with E-state index in [4.69, 9.17) is 5.11 Å². The quantitative estimate of drug-likeness (QED) is 0.659. The minimum Gasteiger partial charge on any atom is -0.477 e. The van der Waals surface area contributed by atoms with Crippen LogP contribution in [0.4, 0.5) is 0 Å². The zero-order valence-electron chi connectivity index (χ0n) is 7.66. The van der Waals surface area contributed by atoms with Gasteiger partial charge in [0, 0.05) is 11.8 Å². The first-order valence-corrected chi connectivity index (χ1v) is 5.16. The van der Waals surface area contributed by atoms with Gasteiger partial charge in [-0.15, -0.1) is 11.8 Å². The summed E-state index contributed by atoms with van der Waals surface area (Å²) >= 11 is 1.24. The summed E-state index contributed by atoms with van der Waals surface area (Å²) in [6.45, 7) is 1.86. The molecule has 0 aromatic carbocycles. The highest BCUT2D eigenvalue weighted by molar-refractivity contribution is 8.01. The number of amides is 1. The average Bonchev–Trinajstić information content (AvgIpc) is 2.04. The Bertz CT molecular complexity index is 225. The molecule has 0 unspecified atom stereocenters. The molecule has 0 radical (unpaired) electrons. The van der Waals surface area contributed by atoms with Gasteiger partial charge in [0.05, 0.1) is 0 Å². The summed E-state index contributed by atoms with van der Waals surface area (Å²) in [5, 5.41) is 12.3. The lowest BCUT2D eigenvalue weighted by Crippen LogP contribution is -2.26. The third-order valence-corrected chi connectivity index (χ3v) is 1.69. The van der Waals surface area contributed by atoms with Crippen molar-refractivity contribution in [3.63, 3.8) is 0 Å². The third kappa shape index (κ3) is 5.30. The lowest BCUT2D eigenvalue weighted by atomic mass is 10.3. The number of carbonyl (C=O) groups excluding carboxylic acids is 1. The molecule has 13 heavy (non-hydrogen) atoms. The van der Waals surface area contributed by atoms with Crippen LogP contribution >= 0.6 is 11.8 Å². The molecule has 0 saturated carbocycles. The Morgan fingerprint density at radius 3 is 2.54 bits per heavy atom. The Morgan fingerprint density at radius 1 is 1.54 bits per heavy atom. The van der Waals surface area contributed by atoms with Crippen LogP contribution in [0.25, 0.3) is 0 Å². The van der Waals surface area contributed by atoms with E-state index in [1.807, 2.05) is 6.92 Å². The topological polar surface area (TPSA) is 66.4 Å². The van der Waals surface area contributed by atoms with Crippen LogP contribution in [-0.4, -0.2) is 23.2 Å². The van der Waals surface area contributed by atoms with Crippen molar-refractivity contribution < 1.29 is 14.7 Å². The van der Waals surface area contributed by atoms with E-state index in [0.29, 0.717) is 12.8 Å². The van der Waals surface area contributed by atoms with E-state index in [9.17, 15) is 9.59 Å². The molecule has 4 nitrogen and oxygen atoms in total. The number of thioether (sulfide) groups is 1. The number of aliphatic carboxylic acids is 1. The Morgan fingerprint density at radius 2 is 2.15 bits per heavy atom. The van der Waals surface area contributed by atoms with E-state index in [2.05, 4.69) is 5.32 Å². The molecule has 0 aromatic heterocycles. The predicted molar refractivity (Wildman–Crippen MR) is 52.3 cm³/mol. The molecule has 0 fully saturated rings. The largest absolute Gasteiger partial charge is 0.477 e. The van der Waals surface area contributed by atoms with E-state index >= 15 is 0 Å². The molecule has 0 rings (SSSR count). The fraction of sp³-hybridized carbons (Fsp3) is 0.500. The average molecular weight is 203 g/mol. The smallest absolute Gasteiger partial charge is 0.352 e. The van der Waals surface area contributed by atoms with Gasteiger partial charge in [-0.2, -0.15) is 0 Å². The number of nitrogens with one attached hydrogen (secondary N) is 1. The van der Waals surface area contributed by atoms with Crippen molar-refractivity contribution in [2.45, 2.75) is 19.8 Å². The second kappa shape index (κ2) is 6.54. The molecule has 1 amide bonds. The van der Waals surface area contributed by atoms with Gasteiger partial charge in [0.15, 0.2) is 0 Å². The van der Waals surface area contributed by atoms with Gasteiger partial charge in [0.1, 0.15) is 5.70 Å². The van der Waals surface area contributed by atoms with Crippen LogP contribution in [-0.2, 0) is 9.59 Å². The first-order chi connectivity index (χ1) is 6.11. The molecule has 74 valence electrons. The molecular formula is C8H13NO3S. The van der Waals surface area contributed by atoms with Crippen LogP contribution in [0.2, 0.25) is 0 Å². The minimum absolute atomic E-state index is 0.0639. The molecule has 0 aliphatic rings. The van der Waals surface area contributed by atoms with E-state index in [1.165, 1.54) is 17.2 Å². The van der Waals surface area contributed by atoms with Crippen LogP contribution in [0.1, 0.15) is 19.8 Å². The molecule has 0 bridgehead atoms. The number of hydrogen-bond donors (Lipinski definition) is 2. The Hall–Kier alpha value is -0.970. The molecule has 0 aliphatic carbocycles. The van der Waals surface area contributed by atoms with Crippen molar-refractivity contribution in [1.82, 2.24) is 5.32 Å². The van der Waals surface area contributed by atoms with Crippen molar-refractivity contribution in [1.29, 1.82) is 0 Å². The van der Waals surface area contributed by atoms with Gasteiger partial charge in [-0.1, -0.05) is 6.92 Å². The number of rotatable bonds is 5. The summed E-state index contributed by atoms with van der Waals surface area (Å²) < 4.78 is 0. The van der Waals surface area contributed by atoms with Crippen molar-refractivity contribution >= 4 is 23.6 Å². The van der Waals surface area contributed by atoms with Gasteiger partial charge in [-0.3, -0.25) is 4.79 Å². The van der Waals surface area contributed by atoms with Crippen molar-refractivity contribution in [2.24, 2.45) is 0 Å². The molecule has 0 spiro atoms. The highest BCUT2D eigenvalue weighted by atomic mass is 32.2. The Kier molecular flexibility index (Phi) is 6.05. The van der Waals surface area contributed by atoms with Crippen LogP contribution in [0.15, 0.2) is 11.1 Å². The molecule has 2 N–H and O–H groups in total. The van der Waals surface area contributed by atoms with Crippen LogP contribution in [0.5, 0.6) is 0 Å². The summed E-state index contributed by atoms with van der Waals surface area (Å²) in [5.74, 6) is -1.37. The molecule has 0 saturated heterocycles. The summed E-state index contributed by atoms with van der Waals surface area (Å²) in [4.78, 5) is 21.5. The highest BCUT2D eigenvalue weighted by Gasteiger charge is 2.09. The molecule has 0 aliphatic heterocycles. The first kappa shape index (κ1) is 12.0. The Labute approximate surface area is 81.4 Å². The van der Waals surface area contributed by atoms with E-state index < -0.39 is 5.97 Å². The Balaban J connectivity index is 4.19. The second-order valence-corrected chi connectivity index (χ2v) is 3.08. The highest BCUT2D eigenvalue weighted by Crippen LogP contribution is 2.01. The second-order valence-electron chi connectivity index (χ2n) is 2.37. The monoisotopic (exact) mass is 203 g/mol. The first-order valence-electron chi connectivity index (χ1n) is 3.88. The maximum atomic E-state index is 11.0. The van der Waals surface area contributed by atoms with E-state index in [1.54, 1.807) is 6.26 Å². The molecular weight excluding hydrogens is 190 g/mol. The molecule has 0 heterocycles. The van der Waals surface area contributed by atoms with Crippen LogP contribution in [0.3, 0.4) is 0 Å².